The molecule has 3 aromatic rings. The Hall–Kier alpha value is -3.15. The smallest absolute Gasteiger partial charge is 0.255 e. The van der Waals surface area contributed by atoms with Gasteiger partial charge in [-0.15, -0.1) is 0 Å². The minimum atomic E-state index is -0.145. The molecule has 1 N–H and O–H groups in total. The lowest BCUT2D eigenvalue weighted by Crippen LogP contribution is -2.24. The lowest BCUT2D eigenvalue weighted by molar-refractivity contribution is 0.0949. The van der Waals surface area contributed by atoms with E-state index in [1.807, 2.05) is 70.2 Å². The molecule has 0 aliphatic carbocycles. The normalized spacial score (nSPS) is 11.1. The van der Waals surface area contributed by atoms with E-state index >= 15 is 0 Å². The fraction of sp³-hybridized carbons (Fsp3) is 0.318. The van der Waals surface area contributed by atoms with Gasteiger partial charge in [0.25, 0.3) is 5.91 Å². The topological polar surface area (TPSA) is 69.0 Å². The third-order valence-electron chi connectivity index (χ3n) is 4.21. The summed E-state index contributed by atoms with van der Waals surface area (Å²) in [5.41, 5.74) is 2.42. The van der Waals surface area contributed by atoms with Crippen LogP contribution in [0.2, 0.25) is 0 Å². The first-order valence-electron chi connectivity index (χ1n) is 9.49. The Morgan fingerprint density at radius 2 is 1.86 bits per heavy atom. The second-order valence-corrected chi connectivity index (χ2v) is 7.19. The van der Waals surface area contributed by atoms with Crippen molar-refractivity contribution in [1.29, 1.82) is 0 Å². The van der Waals surface area contributed by atoms with E-state index in [0.29, 0.717) is 17.9 Å². The van der Waals surface area contributed by atoms with E-state index in [0.717, 1.165) is 17.0 Å². The Bertz CT molecular complexity index is 915. The monoisotopic (exact) mass is 378 g/mol. The van der Waals surface area contributed by atoms with Crippen LogP contribution >= 0.6 is 0 Å². The molecule has 0 saturated carbocycles. The molecule has 28 heavy (non-hydrogen) atoms. The Morgan fingerprint density at radius 3 is 2.46 bits per heavy atom. The fourth-order valence-electron chi connectivity index (χ4n) is 2.99. The number of aromatic nitrogens is 3. The number of hydrogen-bond donors (Lipinski definition) is 1. The predicted octanol–water partition coefficient (Wildman–Crippen LogP) is 4.11. The lowest BCUT2D eigenvalue weighted by atomic mass is 10.1. The quantitative estimate of drug-likeness (QED) is 0.672. The summed E-state index contributed by atoms with van der Waals surface area (Å²) in [5.74, 6) is 1.50. The summed E-state index contributed by atoms with van der Waals surface area (Å²) >= 11 is 0. The van der Waals surface area contributed by atoms with Gasteiger partial charge in [-0.3, -0.25) is 4.79 Å². The molecule has 6 nitrogen and oxygen atoms in total. The maximum absolute atomic E-state index is 12.8. The van der Waals surface area contributed by atoms with Crippen molar-refractivity contribution in [2.75, 3.05) is 0 Å². The van der Waals surface area contributed by atoms with Crippen LogP contribution in [0, 0.1) is 0 Å². The summed E-state index contributed by atoms with van der Waals surface area (Å²) in [6.07, 6.45) is 3.46. The van der Waals surface area contributed by atoms with Gasteiger partial charge in [0.2, 0.25) is 0 Å². The van der Waals surface area contributed by atoms with Gasteiger partial charge < -0.3 is 10.1 Å². The number of carbonyl (C=O) groups excluding carboxylic acids is 1. The maximum Gasteiger partial charge on any atom is 0.255 e. The summed E-state index contributed by atoms with van der Waals surface area (Å²) in [5, 5.41) is 7.38. The van der Waals surface area contributed by atoms with Gasteiger partial charge in [-0.05, 0) is 49.6 Å². The second kappa shape index (κ2) is 8.69. The summed E-state index contributed by atoms with van der Waals surface area (Å²) in [7, 11) is 0. The molecular formula is C22H26N4O2. The SMILES string of the molecule is CC(C)Oc1ccc(CNC(=O)c2cnn(-c3ccccn3)c2C(C)C)cc1. The highest BCUT2D eigenvalue weighted by Crippen LogP contribution is 2.22. The van der Waals surface area contributed by atoms with Crippen molar-refractivity contribution < 1.29 is 9.53 Å². The summed E-state index contributed by atoms with van der Waals surface area (Å²) < 4.78 is 7.38. The first-order chi connectivity index (χ1) is 13.5. The molecule has 146 valence electrons. The van der Waals surface area contributed by atoms with E-state index < -0.39 is 0 Å². The average molecular weight is 378 g/mol. The molecule has 0 aliphatic rings. The van der Waals surface area contributed by atoms with E-state index in [4.69, 9.17) is 4.74 Å². The first kappa shape index (κ1) is 19.6. The number of hydrogen-bond acceptors (Lipinski definition) is 4. The summed E-state index contributed by atoms with van der Waals surface area (Å²) in [4.78, 5) is 17.1. The van der Waals surface area contributed by atoms with Crippen LogP contribution in [0.5, 0.6) is 5.75 Å². The van der Waals surface area contributed by atoms with Crippen LogP contribution in [0.15, 0.2) is 54.9 Å². The van der Waals surface area contributed by atoms with Gasteiger partial charge in [-0.25, -0.2) is 9.67 Å². The molecule has 0 aliphatic heterocycles. The van der Waals surface area contributed by atoms with Gasteiger partial charge >= 0.3 is 0 Å². The Balaban J connectivity index is 1.73. The molecule has 0 fully saturated rings. The van der Waals surface area contributed by atoms with Crippen molar-refractivity contribution in [2.24, 2.45) is 0 Å². The van der Waals surface area contributed by atoms with Crippen molar-refractivity contribution >= 4 is 5.91 Å². The minimum Gasteiger partial charge on any atom is -0.491 e. The molecule has 0 unspecified atom stereocenters. The first-order valence-corrected chi connectivity index (χ1v) is 9.49. The van der Waals surface area contributed by atoms with Crippen LogP contribution in [-0.4, -0.2) is 26.8 Å². The van der Waals surface area contributed by atoms with E-state index in [1.165, 1.54) is 0 Å². The molecule has 0 bridgehead atoms. The van der Waals surface area contributed by atoms with E-state index in [2.05, 4.69) is 15.4 Å². The molecule has 0 saturated heterocycles. The number of pyridine rings is 1. The average Bonchev–Trinajstić information content (AvgIpc) is 3.13. The van der Waals surface area contributed by atoms with Gasteiger partial charge in [0.15, 0.2) is 5.82 Å². The van der Waals surface area contributed by atoms with Gasteiger partial charge in [-0.2, -0.15) is 5.10 Å². The largest absolute Gasteiger partial charge is 0.491 e. The van der Waals surface area contributed by atoms with Gasteiger partial charge in [0.1, 0.15) is 5.75 Å². The van der Waals surface area contributed by atoms with Crippen molar-refractivity contribution in [1.82, 2.24) is 20.1 Å². The third-order valence-corrected chi connectivity index (χ3v) is 4.21. The maximum atomic E-state index is 12.8. The molecule has 2 heterocycles. The number of ether oxygens (including phenoxy) is 1. The van der Waals surface area contributed by atoms with Crippen LogP contribution in [-0.2, 0) is 6.54 Å². The van der Waals surface area contributed by atoms with Crippen LogP contribution in [0.3, 0.4) is 0 Å². The highest BCUT2D eigenvalue weighted by Gasteiger charge is 2.21. The summed E-state index contributed by atoms with van der Waals surface area (Å²) in [6.45, 7) is 8.51. The van der Waals surface area contributed by atoms with Crippen LogP contribution in [0.4, 0.5) is 0 Å². The Morgan fingerprint density at radius 1 is 1.11 bits per heavy atom. The third kappa shape index (κ3) is 4.57. The van der Waals surface area contributed by atoms with Crippen molar-refractivity contribution in [2.45, 2.75) is 46.3 Å². The second-order valence-electron chi connectivity index (χ2n) is 7.19. The van der Waals surface area contributed by atoms with Crippen molar-refractivity contribution in [3.05, 3.63) is 71.7 Å². The van der Waals surface area contributed by atoms with Crippen molar-refractivity contribution in [3.8, 4) is 11.6 Å². The highest BCUT2D eigenvalue weighted by atomic mass is 16.5. The van der Waals surface area contributed by atoms with E-state index in [9.17, 15) is 4.79 Å². The zero-order valence-electron chi connectivity index (χ0n) is 16.7. The number of amides is 1. The van der Waals surface area contributed by atoms with Gasteiger partial charge in [-0.1, -0.05) is 32.0 Å². The van der Waals surface area contributed by atoms with Gasteiger partial charge in [0.05, 0.1) is 23.6 Å². The molecule has 0 atom stereocenters. The number of benzene rings is 1. The lowest BCUT2D eigenvalue weighted by Gasteiger charge is -2.13. The minimum absolute atomic E-state index is 0.123. The summed E-state index contributed by atoms with van der Waals surface area (Å²) in [6, 6.07) is 13.4. The number of nitrogens with one attached hydrogen (secondary N) is 1. The highest BCUT2D eigenvalue weighted by molar-refractivity contribution is 5.95. The Labute approximate surface area is 165 Å². The van der Waals surface area contributed by atoms with Gasteiger partial charge in [0, 0.05) is 12.7 Å². The molecular weight excluding hydrogens is 352 g/mol. The molecule has 0 spiro atoms. The fourth-order valence-corrected chi connectivity index (χ4v) is 2.99. The molecule has 2 aromatic heterocycles. The van der Waals surface area contributed by atoms with E-state index in [1.54, 1.807) is 17.1 Å². The molecule has 6 heteroatoms. The zero-order valence-corrected chi connectivity index (χ0v) is 16.7. The van der Waals surface area contributed by atoms with Crippen LogP contribution in [0.1, 0.15) is 55.2 Å². The molecule has 0 radical (unpaired) electrons. The standard InChI is InChI=1S/C22H26N4O2/c1-15(2)21-19(14-25-26(21)20-7-5-6-12-23-20)22(27)24-13-17-8-10-18(11-9-17)28-16(3)4/h5-12,14-16H,13H2,1-4H3,(H,24,27). The molecule has 1 amide bonds. The Kier molecular flexibility index (Phi) is 6.09. The number of rotatable bonds is 7. The number of nitrogens with zero attached hydrogens (tertiary/aromatic N) is 3. The predicted molar refractivity (Wildman–Crippen MR) is 109 cm³/mol. The molecule has 3 rings (SSSR count). The number of carbonyl (C=O) groups is 1. The van der Waals surface area contributed by atoms with E-state index in [-0.39, 0.29) is 17.9 Å². The van der Waals surface area contributed by atoms with Crippen molar-refractivity contribution in [3.63, 3.8) is 0 Å². The van der Waals surface area contributed by atoms with Crippen LogP contribution in [0.25, 0.3) is 5.82 Å². The zero-order chi connectivity index (χ0) is 20.1. The van der Waals surface area contributed by atoms with Crippen LogP contribution < -0.4 is 10.1 Å². The molecule has 1 aromatic carbocycles.